The third kappa shape index (κ3) is 2.65. The Morgan fingerprint density at radius 3 is 2.50 bits per heavy atom. The van der Waals surface area contributed by atoms with Gasteiger partial charge < -0.3 is 15.1 Å². The minimum Gasteiger partial charge on any atom is -0.396 e. The van der Waals surface area contributed by atoms with Crippen molar-refractivity contribution in [2.24, 2.45) is 5.92 Å². The lowest BCUT2D eigenvalue weighted by Crippen LogP contribution is -2.36. The van der Waals surface area contributed by atoms with E-state index >= 15 is 0 Å². The van der Waals surface area contributed by atoms with Crippen molar-refractivity contribution in [2.45, 2.75) is 33.3 Å². The van der Waals surface area contributed by atoms with Crippen molar-refractivity contribution in [1.82, 2.24) is 4.98 Å². The first-order valence-corrected chi connectivity index (χ1v) is 6.59. The van der Waals surface area contributed by atoms with Crippen molar-refractivity contribution in [1.29, 1.82) is 0 Å². The van der Waals surface area contributed by atoms with Gasteiger partial charge in [0, 0.05) is 31.0 Å². The summed E-state index contributed by atoms with van der Waals surface area (Å²) in [5.74, 6) is 1.34. The van der Waals surface area contributed by atoms with Crippen LogP contribution in [0, 0.1) is 19.8 Å². The standard InChI is InChI=1S/C14H22N2O2/c1-10-7-11(2)15-14(13(10)9-18)16-5-3-12(8-17)4-6-16/h7,12,17-18H,3-6,8-9H2,1-2H3. The first kappa shape index (κ1) is 13.3. The molecule has 0 spiro atoms. The van der Waals surface area contributed by atoms with Crippen LogP contribution in [0.1, 0.15) is 29.7 Å². The van der Waals surface area contributed by atoms with Gasteiger partial charge in [-0.2, -0.15) is 0 Å². The van der Waals surface area contributed by atoms with E-state index in [1.165, 1.54) is 0 Å². The molecule has 0 bridgehead atoms. The molecule has 1 aliphatic rings. The smallest absolute Gasteiger partial charge is 0.134 e. The second-order valence-corrected chi connectivity index (χ2v) is 5.15. The van der Waals surface area contributed by atoms with Gasteiger partial charge in [-0.1, -0.05) is 0 Å². The van der Waals surface area contributed by atoms with Crippen molar-refractivity contribution >= 4 is 5.82 Å². The van der Waals surface area contributed by atoms with E-state index in [1.54, 1.807) is 0 Å². The zero-order chi connectivity index (χ0) is 13.1. The number of aliphatic hydroxyl groups is 2. The molecule has 100 valence electrons. The zero-order valence-corrected chi connectivity index (χ0v) is 11.2. The van der Waals surface area contributed by atoms with Crippen molar-refractivity contribution in [3.63, 3.8) is 0 Å². The van der Waals surface area contributed by atoms with Crippen LogP contribution >= 0.6 is 0 Å². The van der Waals surface area contributed by atoms with Crippen LogP contribution in [0.4, 0.5) is 5.82 Å². The van der Waals surface area contributed by atoms with E-state index in [1.807, 2.05) is 19.9 Å². The van der Waals surface area contributed by atoms with E-state index in [4.69, 9.17) is 5.11 Å². The van der Waals surface area contributed by atoms with Gasteiger partial charge in [-0.25, -0.2) is 4.98 Å². The SMILES string of the molecule is Cc1cc(C)c(CO)c(N2CCC(CO)CC2)n1. The number of aryl methyl sites for hydroxylation is 2. The van der Waals surface area contributed by atoms with Gasteiger partial charge in [0.05, 0.1) is 6.61 Å². The van der Waals surface area contributed by atoms with E-state index in [9.17, 15) is 5.11 Å². The zero-order valence-electron chi connectivity index (χ0n) is 11.2. The van der Waals surface area contributed by atoms with Crippen molar-refractivity contribution in [2.75, 3.05) is 24.6 Å². The normalized spacial score (nSPS) is 17.2. The molecule has 1 saturated heterocycles. The Bertz CT molecular complexity index is 413. The molecule has 0 aromatic carbocycles. The predicted molar refractivity (Wildman–Crippen MR) is 71.7 cm³/mol. The number of aromatic nitrogens is 1. The number of nitrogens with zero attached hydrogens (tertiary/aromatic N) is 2. The van der Waals surface area contributed by atoms with Crippen LogP contribution in [0.15, 0.2) is 6.07 Å². The summed E-state index contributed by atoms with van der Waals surface area (Å²) in [5, 5.41) is 18.7. The number of anilines is 1. The highest BCUT2D eigenvalue weighted by molar-refractivity contribution is 5.51. The summed E-state index contributed by atoms with van der Waals surface area (Å²) in [6.45, 7) is 6.14. The lowest BCUT2D eigenvalue weighted by Gasteiger charge is -2.33. The van der Waals surface area contributed by atoms with Crippen LogP contribution < -0.4 is 4.90 Å². The molecular weight excluding hydrogens is 228 g/mol. The maximum Gasteiger partial charge on any atom is 0.134 e. The Kier molecular flexibility index (Phi) is 4.19. The van der Waals surface area contributed by atoms with Crippen LogP contribution in [0.25, 0.3) is 0 Å². The third-order valence-electron chi connectivity index (χ3n) is 3.78. The Hall–Kier alpha value is -1.13. The summed E-state index contributed by atoms with van der Waals surface area (Å²) >= 11 is 0. The van der Waals surface area contributed by atoms with E-state index in [2.05, 4.69) is 9.88 Å². The van der Waals surface area contributed by atoms with E-state index in [0.29, 0.717) is 5.92 Å². The molecule has 1 fully saturated rings. The van der Waals surface area contributed by atoms with Gasteiger partial charge in [-0.05, 0) is 44.2 Å². The average molecular weight is 250 g/mol. The number of piperidine rings is 1. The summed E-state index contributed by atoms with van der Waals surface area (Å²) in [6, 6.07) is 2.01. The highest BCUT2D eigenvalue weighted by Crippen LogP contribution is 2.27. The van der Waals surface area contributed by atoms with Crippen LogP contribution in [0.3, 0.4) is 0 Å². The van der Waals surface area contributed by atoms with Crippen LogP contribution in [0.5, 0.6) is 0 Å². The minimum absolute atomic E-state index is 0.0361. The minimum atomic E-state index is 0.0361. The van der Waals surface area contributed by atoms with Gasteiger partial charge in [0.1, 0.15) is 5.82 Å². The van der Waals surface area contributed by atoms with Crippen LogP contribution in [-0.2, 0) is 6.61 Å². The molecule has 2 rings (SSSR count). The van der Waals surface area contributed by atoms with Gasteiger partial charge >= 0.3 is 0 Å². The maximum absolute atomic E-state index is 9.51. The summed E-state index contributed by atoms with van der Waals surface area (Å²) < 4.78 is 0. The lowest BCUT2D eigenvalue weighted by molar-refractivity contribution is 0.202. The molecule has 18 heavy (non-hydrogen) atoms. The number of rotatable bonds is 3. The molecule has 0 amide bonds. The predicted octanol–water partition coefficient (Wildman–Crippen LogP) is 1.40. The Morgan fingerprint density at radius 2 is 1.94 bits per heavy atom. The van der Waals surface area contributed by atoms with Gasteiger partial charge in [0.25, 0.3) is 0 Å². The summed E-state index contributed by atoms with van der Waals surface area (Å²) in [5.41, 5.74) is 3.02. The number of pyridine rings is 1. The fraction of sp³-hybridized carbons (Fsp3) is 0.643. The fourth-order valence-corrected chi connectivity index (χ4v) is 2.63. The van der Waals surface area contributed by atoms with E-state index in [-0.39, 0.29) is 13.2 Å². The Balaban J connectivity index is 2.23. The topological polar surface area (TPSA) is 56.6 Å². The fourth-order valence-electron chi connectivity index (χ4n) is 2.63. The second-order valence-electron chi connectivity index (χ2n) is 5.15. The van der Waals surface area contributed by atoms with Gasteiger partial charge in [0.15, 0.2) is 0 Å². The molecule has 4 nitrogen and oxygen atoms in total. The molecule has 2 N–H and O–H groups in total. The number of hydrogen-bond donors (Lipinski definition) is 2. The quantitative estimate of drug-likeness (QED) is 0.851. The first-order chi connectivity index (χ1) is 8.65. The first-order valence-electron chi connectivity index (χ1n) is 6.59. The van der Waals surface area contributed by atoms with Crippen molar-refractivity contribution in [3.8, 4) is 0 Å². The summed E-state index contributed by atoms with van der Waals surface area (Å²) in [4.78, 5) is 6.82. The largest absolute Gasteiger partial charge is 0.396 e. The van der Waals surface area contributed by atoms with Crippen LogP contribution in [-0.4, -0.2) is 34.9 Å². The molecule has 1 aliphatic heterocycles. The van der Waals surface area contributed by atoms with Gasteiger partial charge in [-0.15, -0.1) is 0 Å². The third-order valence-corrected chi connectivity index (χ3v) is 3.78. The monoisotopic (exact) mass is 250 g/mol. The molecule has 0 radical (unpaired) electrons. The molecule has 1 aromatic rings. The van der Waals surface area contributed by atoms with Gasteiger partial charge in [-0.3, -0.25) is 0 Å². The second kappa shape index (κ2) is 5.67. The van der Waals surface area contributed by atoms with E-state index < -0.39 is 0 Å². The number of aliphatic hydroxyl groups excluding tert-OH is 2. The maximum atomic E-state index is 9.51. The van der Waals surface area contributed by atoms with Gasteiger partial charge in [0.2, 0.25) is 0 Å². The molecule has 0 unspecified atom stereocenters. The summed E-state index contributed by atoms with van der Waals surface area (Å²) in [6.07, 6.45) is 1.99. The Labute approximate surface area is 108 Å². The summed E-state index contributed by atoms with van der Waals surface area (Å²) in [7, 11) is 0. The molecule has 0 saturated carbocycles. The molecular formula is C14H22N2O2. The highest BCUT2D eigenvalue weighted by Gasteiger charge is 2.22. The average Bonchev–Trinajstić information content (AvgIpc) is 2.38. The van der Waals surface area contributed by atoms with Crippen LogP contribution in [0.2, 0.25) is 0 Å². The number of hydrogen-bond acceptors (Lipinski definition) is 4. The molecule has 1 aromatic heterocycles. The highest BCUT2D eigenvalue weighted by atomic mass is 16.3. The van der Waals surface area contributed by atoms with Crippen molar-refractivity contribution in [3.05, 3.63) is 22.9 Å². The van der Waals surface area contributed by atoms with Crippen molar-refractivity contribution < 1.29 is 10.2 Å². The Morgan fingerprint density at radius 1 is 1.28 bits per heavy atom. The molecule has 0 aliphatic carbocycles. The lowest BCUT2D eigenvalue weighted by atomic mass is 9.97. The van der Waals surface area contributed by atoms with E-state index in [0.717, 1.165) is 48.6 Å². The molecule has 0 atom stereocenters. The molecule has 2 heterocycles. The molecule has 4 heteroatoms.